The zero-order valence-electron chi connectivity index (χ0n) is 10.4. The summed E-state index contributed by atoms with van der Waals surface area (Å²) < 4.78 is 0. The lowest BCUT2D eigenvalue weighted by Gasteiger charge is -2.22. The minimum atomic E-state index is -0.878. The molecule has 0 bridgehead atoms. The van der Waals surface area contributed by atoms with E-state index >= 15 is 0 Å². The monoisotopic (exact) mass is 247 g/mol. The number of hydrogen-bond donors (Lipinski definition) is 1. The van der Waals surface area contributed by atoms with Gasteiger partial charge in [0, 0.05) is 18.2 Å². The molecule has 1 aromatic rings. The molecule has 1 aliphatic rings. The van der Waals surface area contributed by atoms with Gasteiger partial charge in [-0.15, -0.1) is 0 Å². The number of aryl methyl sites for hydroxylation is 1. The highest BCUT2D eigenvalue weighted by Crippen LogP contribution is 2.33. The Kier molecular flexibility index (Phi) is 3.65. The number of hydrogen-bond acceptors (Lipinski definition) is 2. The van der Waals surface area contributed by atoms with Gasteiger partial charge in [0.05, 0.1) is 6.42 Å². The first-order valence-electron chi connectivity index (χ1n) is 6.18. The lowest BCUT2D eigenvalue weighted by molar-refractivity contribution is -0.136. The molecule has 2 rings (SSSR count). The van der Waals surface area contributed by atoms with Crippen molar-refractivity contribution in [2.75, 3.05) is 11.4 Å². The molecule has 0 heterocycles. The number of anilines is 1. The van der Waals surface area contributed by atoms with Crippen molar-refractivity contribution in [3.05, 3.63) is 29.8 Å². The topological polar surface area (TPSA) is 57.6 Å². The van der Waals surface area contributed by atoms with Crippen molar-refractivity contribution < 1.29 is 14.7 Å². The molecule has 96 valence electrons. The van der Waals surface area contributed by atoms with Gasteiger partial charge in [-0.3, -0.25) is 9.59 Å². The van der Waals surface area contributed by atoms with Gasteiger partial charge in [0.15, 0.2) is 0 Å². The molecule has 0 saturated heterocycles. The van der Waals surface area contributed by atoms with Crippen LogP contribution in [0, 0.1) is 12.8 Å². The Bertz CT molecular complexity index is 466. The number of rotatable bonds is 5. The van der Waals surface area contributed by atoms with Gasteiger partial charge in [0.25, 0.3) is 0 Å². The van der Waals surface area contributed by atoms with E-state index in [0.717, 1.165) is 24.1 Å². The minimum Gasteiger partial charge on any atom is -0.481 e. The van der Waals surface area contributed by atoms with E-state index in [4.69, 9.17) is 5.11 Å². The normalized spacial score (nSPS) is 14.3. The zero-order chi connectivity index (χ0) is 13.1. The van der Waals surface area contributed by atoms with Crippen LogP contribution < -0.4 is 4.90 Å². The lowest BCUT2D eigenvalue weighted by atomic mass is 10.2. The Balaban J connectivity index is 2.17. The van der Waals surface area contributed by atoms with Crippen LogP contribution in [0.5, 0.6) is 0 Å². The van der Waals surface area contributed by atoms with Crippen LogP contribution in [-0.4, -0.2) is 23.5 Å². The molecule has 1 amide bonds. The molecule has 18 heavy (non-hydrogen) atoms. The van der Waals surface area contributed by atoms with Crippen LogP contribution in [0.3, 0.4) is 0 Å². The first kappa shape index (κ1) is 12.6. The van der Waals surface area contributed by atoms with E-state index in [9.17, 15) is 9.59 Å². The summed E-state index contributed by atoms with van der Waals surface area (Å²) in [7, 11) is 0. The van der Waals surface area contributed by atoms with Crippen LogP contribution in [0.4, 0.5) is 5.69 Å². The molecule has 1 aliphatic carbocycles. The second-order valence-corrected chi connectivity index (χ2v) is 4.75. The molecular weight excluding hydrogens is 230 g/mol. The van der Waals surface area contributed by atoms with Crippen LogP contribution in [-0.2, 0) is 9.59 Å². The summed E-state index contributed by atoms with van der Waals surface area (Å²) in [6, 6.07) is 7.62. The summed E-state index contributed by atoms with van der Waals surface area (Å²) in [6.45, 7) is 2.20. The van der Waals surface area contributed by atoms with Crippen LogP contribution in [0.25, 0.3) is 0 Å². The number of benzene rings is 1. The van der Waals surface area contributed by atoms with Crippen LogP contribution >= 0.6 is 0 Å². The molecule has 0 unspecified atom stereocenters. The molecule has 0 radical (unpaired) electrons. The van der Waals surface area contributed by atoms with Gasteiger partial charge in [-0.25, -0.2) is 0 Å². The summed E-state index contributed by atoms with van der Waals surface area (Å²) in [5, 5.41) is 8.76. The van der Waals surface area contributed by atoms with Gasteiger partial charge in [-0.1, -0.05) is 12.1 Å². The van der Waals surface area contributed by atoms with E-state index in [1.54, 1.807) is 4.90 Å². The van der Waals surface area contributed by atoms with Crippen molar-refractivity contribution in [1.29, 1.82) is 0 Å². The molecular formula is C14H17NO3. The van der Waals surface area contributed by atoms with Gasteiger partial charge in [0.2, 0.25) is 5.91 Å². The van der Waals surface area contributed by atoms with Crippen molar-refractivity contribution >= 4 is 17.6 Å². The molecule has 4 heteroatoms. The fourth-order valence-corrected chi connectivity index (χ4v) is 1.92. The van der Waals surface area contributed by atoms with E-state index in [1.165, 1.54) is 0 Å². The quantitative estimate of drug-likeness (QED) is 0.867. The Morgan fingerprint density at radius 3 is 2.67 bits per heavy atom. The van der Waals surface area contributed by atoms with Gasteiger partial charge >= 0.3 is 5.97 Å². The van der Waals surface area contributed by atoms with E-state index in [0.29, 0.717) is 0 Å². The number of carbonyl (C=O) groups excluding carboxylic acids is 1. The molecule has 0 atom stereocenters. The van der Waals surface area contributed by atoms with Crippen molar-refractivity contribution in [1.82, 2.24) is 0 Å². The Labute approximate surface area is 106 Å². The van der Waals surface area contributed by atoms with E-state index < -0.39 is 5.97 Å². The van der Waals surface area contributed by atoms with E-state index in [1.807, 2.05) is 31.2 Å². The summed E-state index contributed by atoms with van der Waals surface area (Å²) in [5.74, 6) is -0.725. The van der Waals surface area contributed by atoms with Gasteiger partial charge in [0.1, 0.15) is 0 Å². The number of nitrogens with zero attached hydrogens (tertiary/aromatic N) is 1. The summed E-state index contributed by atoms with van der Waals surface area (Å²) in [6.07, 6.45) is 1.83. The molecule has 1 aromatic carbocycles. The fourth-order valence-electron chi connectivity index (χ4n) is 1.92. The maximum Gasteiger partial charge on any atom is 0.305 e. The second-order valence-electron chi connectivity index (χ2n) is 4.75. The molecule has 1 saturated carbocycles. The first-order valence-corrected chi connectivity index (χ1v) is 6.18. The average molecular weight is 247 g/mol. The van der Waals surface area contributed by atoms with Crippen molar-refractivity contribution in [3.63, 3.8) is 0 Å². The molecule has 0 spiro atoms. The highest BCUT2D eigenvalue weighted by atomic mass is 16.4. The maximum atomic E-state index is 12.2. The standard InChI is InChI=1S/C14H17NO3/c1-10-3-2-4-12(9-10)15(8-7-13(16)17)14(18)11-5-6-11/h2-4,9,11H,5-8H2,1H3,(H,16,17). The zero-order valence-corrected chi connectivity index (χ0v) is 10.4. The summed E-state index contributed by atoms with van der Waals surface area (Å²) in [4.78, 5) is 24.4. The number of aliphatic carboxylic acids is 1. The van der Waals surface area contributed by atoms with Crippen molar-refractivity contribution in [2.45, 2.75) is 26.2 Å². The van der Waals surface area contributed by atoms with Gasteiger partial charge < -0.3 is 10.0 Å². The van der Waals surface area contributed by atoms with Crippen molar-refractivity contribution in [3.8, 4) is 0 Å². The third kappa shape index (κ3) is 3.09. The SMILES string of the molecule is Cc1cccc(N(CCC(=O)O)C(=O)C2CC2)c1. The third-order valence-electron chi connectivity index (χ3n) is 3.06. The lowest BCUT2D eigenvalue weighted by Crippen LogP contribution is -2.34. The Morgan fingerprint density at radius 2 is 2.11 bits per heavy atom. The van der Waals surface area contributed by atoms with Crippen LogP contribution in [0.15, 0.2) is 24.3 Å². The van der Waals surface area contributed by atoms with Crippen molar-refractivity contribution in [2.24, 2.45) is 5.92 Å². The number of carboxylic acids is 1. The number of carbonyl (C=O) groups is 2. The predicted octanol–water partition coefficient (Wildman–Crippen LogP) is 2.21. The highest BCUT2D eigenvalue weighted by Gasteiger charge is 2.34. The number of amides is 1. The first-order chi connectivity index (χ1) is 8.58. The van der Waals surface area contributed by atoms with E-state index in [-0.39, 0.29) is 24.8 Å². The minimum absolute atomic E-state index is 0.0214. The molecule has 0 aliphatic heterocycles. The summed E-state index contributed by atoms with van der Waals surface area (Å²) >= 11 is 0. The van der Waals surface area contributed by atoms with Crippen LogP contribution in [0.2, 0.25) is 0 Å². The number of carboxylic acid groups (broad SMARTS) is 1. The Morgan fingerprint density at radius 1 is 1.39 bits per heavy atom. The summed E-state index contributed by atoms with van der Waals surface area (Å²) in [5.41, 5.74) is 1.87. The predicted molar refractivity (Wildman–Crippen MR) is 68.5 cm³/mol. The smallest absolute Gasteiger partial charge is 0.305 e. The van der Waals surface area contributed by atoms with E-state index in [2.05, 4.69) is 0 Å². The molecule has 0 aromatic heterocycles. The molecule has 4 nitrogen and oxygen atoms in total. The van der Waals surface area contributed by atoms with Gasteiger partial charge in [-0.2, -0.15) is 0 Å². The molecule has 1 N–H and O–H groups in total. The Hall–Kier alpha value is -1.84. The van der Waals surface area contributed by atoms with Crippen LogP contribution in [0.1, 0.15) is 24.8 Å². The second kappa shape index (κ2) is 5.21. The van der Waals surface area contributed by atoms with Gasteiger partial charge in [-0.05, 0) is 37.5 Å². The molecule has 1 fully saturated rings. The largest absolute Gasteiger partial charge is 0.481 e. The third-order valence-corrected chi connectivity index (χ3v) is 3.06. The average Bonchev–Trinajstić information content (AvgIpc) is 3.12. The fraction of sp³-hybridized carbons (Fsp3) is 0.429. The maximum absolute atomic E-state index is 12.2. The highest BCUT2D eigenvalue weighted by molar-refractivity contribution is 5.96.